The first-order valence-corrected chi connectivity index (χ1v) is 9.75. The third kappa shape index (κ3) is 5.19. The zero-order chi connectivity index (χ0) is 17.5. The summed E-state index contributed by atoms with van der Waals surface area (Å²) in [6, 6.07) is 12.2. The number of nitrogens with zero attached hydrogens (tertiary/aromatic N) is 3. The average Bonchev–Trinajstić information content (AvgIpc) is 2.68. The summed E-state index contributed by atoms with van der Waals surface area (Å²) in [7, 11) is 0. The number of aromatic nitrogens is 2. The Morgan fingerprint density at radius 3 is 2.80 bits per heavy atom. The van der Waals surface area contributed by atoms with Crippen LogP contribution >= 0.6 is 11.8 Å². The smallest absolute Gasteiger partial charge is 0.233 e. The molecule has 2 heterocycles. The fourth-order valence-electron chi connectivity index (χ4n) is 2.92. The van der Waals surface area contributed by atoms with Gasteiger partial charge in [-0.25, -0.2) is 9.97 Å². The molecule has 3 rings (SSSR count). The molecule has 1 aromatic carbocycles. The highest BCUT2D eigenvalue weighted by Crippen LogP contribution is 2.19. The van der Waals surface area contributed by atoms with Crippen LogP contribution in [-0.4, -0.2) is 40.3 Å². The molecule has 1 fully saturated rings. The molecule has 1 amide bonds. The summed E-state index contributed by atoms with van der Waals surface area (Å²) in [4.78, 5) is 23.3. The van der Waals surface area contributed by atoms with Gasteiger partial charge < -0.3 is 10.2 Å². The summed E-state index contributed by atoms with van der Waals surface area (Å²) in [6.45, 7) is 3.68. The Labute approximate surface area is 153 Å². The predicted molar refractivity (Wildman–Crippen MR) is 103 cm³/mol. The van der Waals surface area contributed by atoms with Crippen molar-refractivity contribution in [3.63, 3.8) is 0 Å². The molecule has 6 heteroatoms. The van der Waals surface area contributed by atoms with Crippen LogP contribution in [-0.2, 0) is 10.5 Å². The Hall–Kier alpha value is -2.08. The summed E-state index contributed by atoms with van der Waals surface area (Å²) in [6.07, 6.45) is 5.56. The number of rotatable bonds is 6. The molecule has 1 aliphatic rings. The van der Waals surface area contributed by atoms with Gasteiger partial charge in [0.1, 0.15) is 0 Å². The number of nitrogens with one attached hydrogen (secondary N) is 1. The summed E-state index contributed by atoms with van der Waals surface area (Å²) in [5, 5.41) is 3.13. The van der Waals surface area contributed by atoms with Crippen LogP contribution in [0, 0.1) is 0 Å². The van der Waals surface area contributed by atoms with E-state index in [0.29, 0.717) is 0 Å². The number of hydrogen-bond acceptors (Lipinski definition) is 5. The Morgan fingerprint density at radius 1 is 1.28 bits per heavy atom. The van der Waals surface area contributed by atoms with Gasteiger partial charge in [0.2, 0.25) is 11.9 Å². The molecular formula is C19H24N4OS. The lowest BCUT2D eigenvalue weighted by Gasteiger charge is -2.33. The quantitative estimate of drug-likeness (QED) is 0.862. The van der Waals surface area contributed by atoms with Crippen molar-refractivity contribution in [2.75, 3.05) is 18.0 Å². The summed E-state index contributed by atoms with van der Waals surface area (Å²) < 4.78 is 0. The van der Waals surface area contributed by atoms with Crippen molar-refractivity contribution in [1.29, 1.82) is 0 Å². The van der Waals surface area contributed by atoms with Crippen molar-refractivity contribution in [3.05, 3.63) is 54.4 Å². The van der Waals surface area contributed by atoms with Crippen LogP contribution in [0.15, 0.2) is 48.8 Å². The standard InChI is InChI=1S/C19H24N4OS/c1-15(25-14-16-7-3-2-4-8-16)18(24)22-17-9-5-12-23(13-17)19-20-10-6-11-21-19/h2-4,6-8,10-11,15,17H,5,9,12-14H2,1H3,(H,22,24). The molecule has 132 valence electrons. The molecule has 1 aliphatic heterocycles. The first-order valence-electron chi connectivity index (χ1n) is 8.70. The maximum absolute atomic E-state index is 12.5. The number of thioether (sulfide) groups is 1. The predicted octanol–water partition coefficient (Wildman–Crippen LogP) is 2.88. The van der Waals surface area contributed by atoms with E-state index in [1.807, 2.05) is 31.2 Å². The Kier molecular flexibility index (Phi) is 6.28. The monoisotopic (exact) mass is 356 g/mol. The topological polar surface area (TPSA) is 58.1 Å². The fraction of sp³-hybridized carbons (Fsp3) is 0.421. The normalized spacial score (nSPS) is 18.6. The second-order valence-corrected chi connectivity index (χ2v) is 7.61. The van der Waals surface area contributed by atoms with Gasteiger partial charge in [0, 0.05) is 37.3 Å². The van der Waals surface area contributed by atoms with E-state index in [2.05, 4.69) is 32.3 Å². The highest BCUT2D eigenvalue weighted by molar-refractivity contribution is 7.99. The zero-order valence-electron chi connectivity index (χ0n) is 14.5. The number of benzene rings is 1. The van der Waals surface area contributed by atoms with Crippen LogP contribution in [0.3, 0.4) is 0 Å². The summed E-state index contributed by atoms with van der Waals surface area (Å²) in [5.74, 6) is 1.71. The number of carbonyl (C=O) groups excluding carboxylic acids is 1. The minimum atomic E-state index is -0.0662. The van der Waals surface area contributed by atoms with Gasteiger partial charge in [-0.1, -0.05) is 30.3 Å². The first kappa shape index (κ1) is 17.7. The highest BCUT2D eigenvalue weighted by atomic mass is 32.2. The van der Waals surface area contributed by atoms with Gasteiger partial charge in [0.05, 0.1) is 5.25 Å². The minimum absolute atomic E-state index is 0.0662. The van der Waals surface area contributed by atoms with Gasteiger partial charge >= 0.3 is 0 Å². The van der Waals surface area contributed by atoms with Crippen LogP contribution in [0.1, 0.15) is 25.3 Å². The maximum Gasteiger partial charge on any atom is 0.233 e. The minimum Gasteiger partial charge on any atom is -0.351 e. The SMILES string of the molecule is CC(SCc1ccccc1)C(=O)NC1CCCN(c2ncccn2)C1. The van der Waals surface area contributed by atoms with Crippen molar-refractivity contribution >= 4 is 23.6 Å². The number of hydrogen-bond donors (Lipinski definition) is 1. The van der Waals surface area contributed by atoms with Crippen LogP contribution in [0.5, 0.6) is 0 Å². The molecule has 2 aromatic rings. The molecule has 0 spiro atoms. The molecule has 0 radical (unpaired) electrons. The van der Waals surface area contributed by atoms with E-state index in [4.69, 9.17) is 0 Å². The third-order valence-corrected chi connectivity index (χ3v) is 5.53. The van der Waals surface area contributed by atoms with E-state index in [9.17, 15) is 4.79 Å². The summed E-state index contributed by atoms with van der Waals surface area (Å²) >= 11 is 1.67. The molecule has 1 N–H and O–H groups in total. The van der Waals surface area contributed by atoms with E-state index in [0.717, 1.165) is 37.6 Å². The average molecular weight is 356 g/mol. The molecule has 0 saturated carbocycles. The number of carbonyl (C=O) groups is 1. The van der Waals surface area contributed by atoms with Gasteiger partial charge in [-0.3, -0.25) is 4.79 Å². The van der Waals surface area contributed by atoms with Crippen molar-refractivity contribution in [2.24, 2.45) is 0 Å². The van der Waals surface area contributed by atoms with Gasteiger partial charge in [0.15, 0.2) is 0 Å². The molecule has 25 heavy (non-hydrogen) atoms. The van der Waals surface area contributed by atoms with Crippen LogP contribution in [0.25, 0.3) is 0 Å². The number of anilines is 1. The molecule has 1 saturated heterocycles. The second-order valence-electron chi connectivity index (χ2n) is 6.28. The molecule has 0 bridgehead atoms. The van der Waals surface area contributed by atoms with E-state index >= 15 is 0 Å². The lowest BCUT2D eigenvalue weighted by atomic mass is 10.1. The lowest BCUT2D eigenvalue weighted by Crippen LogP contribution is -2.49. The molecule has 1 aromatic heterocycles. The first-order chi connectivity index (χ1) is 12.2. The Bertz CT molecular complexity index is 668. The molecule has 0 aliphatic carbocycles. The Balaban J connectivity index is 1.48. The van der Waals surface area contributed by atoms with Crippen LogP contribution in [0.2, 0.25) is 0 Å². The van der Waals surface area contributed by atoms with Crippen molar-refractivity contribution in [3.8, 4) is 0 Å². The van der Waals surface area contributed by atoms with Crippen molar-refractivity contribution in [2.45, 2.75) is 36.8 Å². The summed E-state index contributed by atoms with van der Waals surface area (Å²) in [5.41, 5.74) is 1.25. The maximum atomic E-state index is 12.5. The third-order valence-electron chi connectivity index (χ3n) is 4.31. The van der Waals surface area contributed by atoms with Gasteiger partial charge in [-0.15, -0.1) is 11.8 Å². The zero-order valence-corrected chi connectivity index (χ0v) is 15.3. The second kappa shape index (κ2) is 8.85. The highest BCUT2D eigenvalue weighted by Gasteiger charge is 2.24. The van der Waals surface area contributed by atoms with Gasteiger partial charge in [0.25, 0.3) is 0 Å². The van der Waals surface area contributed by atoms with Crippen LogP contribution < -0.4 is 10.2 Å². The number of piperidine rings is 1. The molecule has 2 atom stereocenters. The largest absolute Gasteiger partial charge is 0.351 e. The number of amides is 1. The van der Waals surface area contributed by atoms with Gasteiger partial charge in [-0.05, 0) is 31.4 Å². The van der Waals surface area contributed by atoms with E-state index in [1.165, 1.54) is 5.56 Å². The molecular weight excluding hydrogens is 332 g/mol. The van der Waals surface area contributed by atoms with Crippen molar-refractivity contribution < 1.29 is 4.79 Å². The van der Waals surface area contributed by atoms with E-state index < -0.39 is 0 Å². The fourth-order valence-corrected chi connectivity index (χ4v) is 3.78. The van der Waals surface area contributed by atoms with Gasteiger partial charge in [-0.2, -0.15) is 0 Å². The molecule has 5 nitrogen and oxygen atoms in total. The lowest BCUT2D eigenvalue weighted by molar-refractivity contribution is -0.121. The van der Waals surface area contributed by atoms with E-state index in [1.54, 1.807) is 24.2 Å². The van der Waals surface area contributed by atoms with E-state index in [-0.39, 0.29) is 17.2 Å². The van der Waals surface area contributed by atoms with Crippen molar-refractivity contribution in [1.82, 2.24) is 15.3 Å². The van der Waals surface area contributed by atoms with Crippen LogP contribution in [0.4, 0.5) is 5.95 Å². The molecule has 2 unspecified atom stereocenters. The Morgan fingerprint density at radius 2 is 2.04 bits per heavy atom.